The number of methoxy groups -OCH3 is 2. The van der Waals surface area contributed by atoms with Crippen LogP contribution in [-0.4, -0.2) is 26.3 Å². The molecule has 220 valence electrons. The second-order valence-corrected chi connectivity index (χ2v) is 10.9. The highest BCUT2D eigenvalue weighted by molar-refractivity contribution is 7.97. The van der Waals surface area contributed by atoms with E-state index in [1.165, 1.54) is 23.1 Å². The highest BCUT2D eigenvalue weighted by Gasteiger charge is 2.12. The average Bonchev–Trinajstić information content (AvgIpc) is 3.50. The summed E-state index contributed by atoms with van der Waals surface area (Å²) in [7, 11) is 3.24. The molecule has 9 heteroatoms. The molecule has 2 aromatic carbocycles. The maximum atomic E-state index is 10.8. The van der Waals surface area contributed by atoms with Crippen LogP contribution in [0.5, 0.6) is 11.5 Å². The van der Waals surface area contributed by atoms with Gasteiger partial charge in [0.25, 0.3) is 0 Å². The van der Waals surface area contributed by atoms with Crippen molar-refractivity contribution in [1.29, 1.82) is 0 Å². The van der Waals surface area contributed by atoms with Crippen molar-refractivity contribution in [2.75, 3.05) is 24.9 Å². The van der Waals surface area contributed by atoms with Crippen LogP contribution in [0.2, 0.25) is 0 Å². The predicted octanol–water partition coefficient (Wildman–Crippen LogP) is 8.52. The zero-order valence-corrected chi connectivity index (χ0v) is 26.5. The van der Waals surface area contributed by atoms with Crippen molar-refractivity contribution in [3.05, 3.63) is 112 Å². The molecule has 0 atom stereocenters. The van der Waals surface area contributed by atoms with E-state index in [4.69, 9.17) is 14.5 Å². The van der Waals surface area contributed by atoms with E-state index in [-0.39, 0.29) is 0 Å². The van der Waals surface area contributed by atoms with Gasteiger partial charge in [-0.25, -0.2) is 4.99 Å². The van der Waals surface area contributed by atoms with Crippen LogP contribution >= 0.6 is 23.3 Å². The zero-order chi connectivity index (χ0) is 30.3. The molecule has 3 N–H and O–H groups in total. The number of carbonyl (C=O) groups is 1. The number of nitrogens with one attached hydrogen (secondary N) is 3. The van der Waals surface area contributed by atoms with Gasteiger partial charge in [0.2, 0.25) is 6.41 Å². The van der Waals surface area contributed by atoms with Crippen molar-refractivity contribution in [1.82, 2.24) is 4.72 Å². The zero-order valence-electron chi connectivity index (χ0n) is 24.9. The lowest BCUT2D eigenvalue weighted by molar-refractivity contribution is -0.105. The molecular weight excluding hydrogens is 565 g/mol. The van der Waals surface area contributed by atoms with Crippen molar-refractivity contribution in [3.63, 3.8) is 0 Å². The molecule has 1 heterocycles. The van der Waals surface area contributed by atoms with Crippen LogP contribution in [0.15, 0.2) is 116 Å². The van der Waals surface area contributed by atoms with E-state index in [0.29, 0.717) is 23.7 Å². The third kappa shape index (κ3) is 10.0. The van der Waals surface area contributed by atoms with Crippen molar-refractivity contribution in [3.8, 4) is 11.5 Å². The van der Waals surface area contributed by atoms with Gasteiger partial charge in [-0.15, -0.1) is 0 Å². The van der Waals surface area contributed by atoms with Crippen LogP contribution in [0, 0.1) is 6.92 Å². The number of allylic oxidation sites excluding steroid dienone is 7. The first-order chi connectivity index (χ1) is 20.4. The molecule has 0 unspecified atom stereocenters. The molecule has 0 saturated carbocycles. The van der Waals surface area contributed by atoms with Crippen molar-refractivity contribution < 1.29 is 14.3 Å². The Kier molecular flexibility index (Phi) is 13.0. The maximum Gasteiger partial charge on any atom is 0.211 e. The highest BCUT2D eigenvalue weighted by atomic mass is 32.2. The molecule has 4 rings (SSSR count). The normalized spacial score (nSPS) is 14.8. The van der Waals surface area contributed by atoms with Crippen LogP contribution < -0.4 is 24.8 Å². The number of anilines is 2. The molecule has 42 heavy (non-hydrogen) atoms. The van der Waals surface area contributed by atoms with Crippen molar-refractivity contribution >= 4 is 46.8 Å². The molecule has 7 nitrogen and oxygen atoms in total. The lowest BCUT2D eigenvalue weighted by atomic mass is 9.98. The molecule has 0 spiro atoms. The lowest BCUT2D eigenvalue weighted by Gasteiger charge is -2.17. The van der Waals surface area contributed by atoms with Gasteiger partial charge in [0.1, 0.15) is 11.5 Å². The summed E-state index contributed by atoms with van der Waals surface area (Å²) >= 11 is 3.15. The number of ether oxygens (including phenoxy) is 2. The van der Waals surface area contributed by atoms with Gasteiger partial charge in [-0.1, -0.05) is 36.8 Å². The summed E-state index contributed by atoms with van der Waals surface area (Å²) in [5.74, 6) is 2.03. The Bertz CT molecular complexity index is 1470. The topological polar surface area (TPSA) is 84.0 Å². The second kappa shape index (κ2) is 16.9. The number of hydrogen-bond acceptors (Lipinski definition) is 8. The molecule has 3 aromatic rings. The fourth-order valence-corrected chi connectivity index (χ4v) is 5.15. The first kappa shape index (κ1) is 32.3. The van der Waals surface area contributed by atoms with Gasteiger partial charge >= 0.3 is 0 Å². The van der Waals surface area contributed by atoms with Gasteiger partial charge in [-0.2, -0.15) is 11.3 Å². The molecule has 1 aromatic heterocycles. The number of thiophene rings is 1. The smallest absolute Gasteiger partial charge is 0.211 e. The lowest BCUT2D eigenvalue weighted by Crippen LogP contribution is -2.13. The minimum atomic E-state index is 0.659. The fourth-order valence-electron chi connectivity index (χ4n) is 3.74. The van der Waals surface area contributed by atoms with Crippen LogP contribution in [0.3, 0.4) is 0 Å². The van der Waals surface area contributed by atoms with Crippen LogP contribution in [0.25, 0.3) is 0 Å². The van der Waals surface area contributed by atoms with Crippen molar-refractivity contribution in [2.24, 2.45) is 4.99 Å². The SMILES string of the molecule is CC\C(C)=C1/C=CC=C/C1=N/C(NSc1cccc(NC=O)c1)=C(\C)Nc1cc(OC)cc(OC)c1.Cc1ccsc1. The van der Waals surface area contributed by atoms with Gasteiger partial charge in [0, 0.05) is 34.5 Å². The van der Waals surface area contributed by atoms with Gasteiger partial charge in [-0.3, -0.25) is 4.79 Å². The van der Waals surface area contributed by atoms with Crippen molar-refractivity contribution in [2.45, 2.75) is 39.0 Å². The number of rotatable bonds is 11. The molecule has 0 bridgehead atoms. The summed E-state index contributed by atoms with van der Waals surface area (Å²) < 4.78 is 14.2. The molecular formula is C33H38N4O3S2. The molecule has 1 aliphatic rings. The Labute approximate surface area is 257 Å². The summed E-state index contributed by atoms with van der Waals surface area (Å²) in [6.07, 6.45) is 9.71. The van der Waals surface area contributed by atoms with Crippen LogP contribution in [0.4, 0.5) is 11.4 Å². The molecule has 0 fully saturated rings. The first-order valence-corrected chi connectivity index (χ1v) is 15.2. The van der Waals surface area contributed by atoms with Gasteiger partial charge < -0.3 is 24.8 Å². The van der Waals surface area contributed by atoms with E-state index in [0.717, 1.165) is 39.7 Å². The van der Waals surface area contributed by atoms with E-state index in [2.05, 4.69) is 59.0 Å². The summed E-state index contributed by atoms with van der Waals surface area (Å²) in [5, 5.41) is 10.3. The van der Waals surface area contributed by atoms with Crippen LogP contribution in [-0.2, 0) is 4.79 Å². The number of aliphatic imine (C=N–C) groups is 1. The molecule has 0 saturated heterocycles. The summed E-state index contributed by atoms with van der Waals surface area (Å²) in [6, 6.07) is 15.3. The number of aryl methyl sites for hydroxylation is 1. The minimum absolute atomic E-state index is 0.659. The summed E-state index contributed by atoms with van der Waals surface area (Å²) in [6.45, 7) is 8.32. The number of carbonyl (C=O) groups excluding carboxylic acids is 1. The van der Waals surface area contributed by atoms with E-state index >= 15 is 0 Å². The Balaban J connectivity index is 0.000000715. The fraction of sp³-hybridized carbons (Fsp3) is 0.212. The Morgan fingerprint density at radius 1 is 1.00 bits per heavy atom. The standard InChI is InChI=1S/C28H32N4O3S.C5H6S/c1-6-19(2)26-12-7-8-13-27(26)31-28(32-36-25-11-9-10-21(16-25)29-18-33)20(3)30-22-14-23(34-4)17-24(15-22)35-5;1-5-2-3-6-4-5/h7-18,30,32H,6H2,1-5H3,(H,29,33);2-4H,1H3/b26-19+,28-20-,31-27-;. The first-order valence-electron chi connectivity index (χ1n) is 13.4. The van der Waals surface area contributed by atoms with E-state index < -0.39 is 0 Å². The Morgan fingerprint density at radius 2 is 1.74 bits per heavy atom. The number of benzene rings is 2. The molecule has 1 amide bonds. The molecule has 0 radical (unpaired) electrons. The van der Waals surface area contributed by atoms with Crippen LogP contribution in [0.1, 0.15) is 32.8 Å². The number of nitrogens with zero attached hydrogens (tertiary/aromatic N) is 1. The summed E-state index contributed by atoms with van der Waals surface area (Å²) in [5.41, 5.74) is 6.94. The second-order valence-electron chi connectivity index (χ2n) is 9.26. The largest absolute Gasteiger partial charge is 0.497 e. The molecule has 1 aliphatic carbocycles. The predicted molar refractivity (Wildman–Crippen MR) is 179 cm³/mol. The summed E-state index contributed by atoms with van der Waals surface area (Å²) in [4.78, 5) is 16.8. The van der Waals surface area contributed by atoms with Gasteiger partial charge in [-0.05, 0) is 91.4 Å². The monoisotopic (exact) mass is 602 g/mol. The van der Waals surface area contributed by atoms with E-state index in [1.54, 1.807) is 25.6 Å². The Hall–Kier alpha value is -4.21. The van der Waals surface area contributed by atoms with E-state index in [9.17, 15) is 4.79 Å². The number of amides is 1. The third-order valence-corrected chi connectivity index (χ3v) is 7.74. The quantitative estimate of drug-likeness (QED) is 0.151. The Morgan fingerprint density at radius 3 is 2.33 bits per heavy atom. The van der Waals surface area contributed by atoms with E-state index in [1.807, 2.05) is 67.6 Å². The third-order valence-electron chi connectivity index (χ3n) is 6.15. The highest BCUT2D eigenvalue weighted by Crippen LogP contribution is 2.28. The average molecular weight is 603 g/mol. The number of hydrogen-bond donors (Lipinski definition) is 3. The molecule has 0 aliphatic heterocycles. The maximum absolute atomic E-state index is 10.8. The van der Waals surface area contributed by atoms with Gasteiger partial charge in [0.15, 0.2) is 5.82 Å². The van der Waals surface area contributed by atoms with Gasteiger partial charge in [0.05, 0.1) is 25.6 Å². The minimum Gasteiger partial charge on any atom is -0.497 e.